The molecular formula is C21H27F2N3O2+2. The predicted octanol–water partition coefficient (Wildman–Crippen LogP) is 0.599. The summed E-state index contributed by atoms with van der Waals surface area (Å²) >= 11 is 0. The summed E-state index contributed by atoms with van der Waals surface area (Å²) < 4.78 is 29.6. The first kappa shape index (κ1) is 20.2. The summed E-state index contributed by atoms with van der Waals surface area (Å²) in [7, 11) is 0. The zero-order chi connectivity index (χ0) is 19.9. The number of hydrogen-bond acceptors (Lipinski definition) is 2. The van der Waals surface area contributed by atoms with E-state index in [1.54, 1.807) is 18.2 Å². The van der Waals surface area contributed by atoms with Gasteiger partial charge in [0.25, 0.3) is 5.91 Å². The molecule has 1 aliphatic rings. The lowest BCUT2D eigenvalue weighted by atomic mass is 10.1. The molecule has 5 nitrogen and oxygen atoms in total. The van der Waals surface area contributed by atoms with Crippen molar-refractivity contribution in [3.05, 3.63) is 60.2 Å². The number of nitrogens with one attached hydrogen (secondary N) is 3. The quantitative estimate of drug-likeness (QED) is 0.647. The van der Waals surface area contributed by atoms with Crippen molar-refractivity contribution in [3.8, 4) is 5.75 Å². The van der Waals surface area contributed by atoms with E-state index in [9.17, 15) is 13.6 Å². The fraction of sp³-hybridized carbons (Fsp3) is 0.381. The molecule has 7 heteroatoms. The Kier molecular flexibility index (Phi) is 6.95. The first-order chi connectivity index (χ1) is 13.5. The first-order valence-electron chi connectivity index (χ1n) is 9.59. The van der Waals surface area contributed by atoms with E-state index in [0.717, 1.165) is 32.7 Å². The maximum absolute atomic E-state index is 12.6. The maximum atomic E-state index is 12.6. The van der Waals surface area contributed by atoms with Gasteiger partial charge in [-0.3, -0.25) is 4.79 Å². The van der Waals surface area contributed by atoms with Gasteiger partial charge in [0, 0.05) is 5.56 Å². The van der Waals surface area contributed by atoms with E-state index in [4.69, 9.17) is 0 Å². The molecule has 2 aromatic rings. The summed E-state index contributed by atoms with van der Waals surface area (Å²) in [6.07, 6.45) is 0. The zero-order valence-corrected chi connectivity index (χ0v) is 16.0. The van der Waals surface area contributed by atoms with Crippen molar-refractivity contribution < 1.29 is 28.1 Å². The molecule has 150 valence electrons. The number of amides is 1. The number of carbonyl (C=O) groups is 1. The lowest BCUT2D eigenvalue weighted by molar-refractivity contribution is -1.02. The van der Waals surface area contributed by atoms with Gasteiger partial charge in [-0.15, -0.1) is 0 Å². The Morgan fingerprint density at radius 2 is 1.68 bits per heavy atom. The molecule has 1 heterocycles. The van der Waals surface area contributed by atoms with Crippen molar-refractivity contribution in [2.75, 3.05) is 31.5 Å². The highest BCUT2D eigenvalue weighted by Gasteiger charge is 2.31. The van der Waals surface area contributed by atoms with Crippen molar-refractivity contribution >= 4 is 11.6 Å². The van der Waals surface area contributed by atoms with Crippen LogP contribution in [0.1, 0.15) is 12.5 Å². The van der Waals surface area contributed by atoms with Crippen molar-refractivity contribution in [2.45, 2.75) is 26.1 Å². The number of rotatable bonds is 7. The molecule has 0 radical (unpaired) electrons. The highest BCUT2D eigenvalue weighted by molar-refractivity contribution is 5.94. The van der Waals surface area contributed by atoms with Crippen LogP contribution in [0.4, 0.5) is 14.5 Å². The zero-order valence-electron chi connectivity index (χ0n) is 16.0. The number of piperazine rings is 1. The summed E-state index contributed by atoms with van der Waals surface area (Å²) in [6.45, 7) is 3.72. The second-order valence-corrected chi connectivity index (χ2v) is 7.16. The lowest BCUT2D eigenvalue weighted by Crippen LogP contribution is -3.29. The van der Waals surface area contributed by atoms with Crippen molar-refractivity contribution in [2.24, 2.45) is 0 Å². The lowest BCUT2D eigenvalue weighted by Gasteiger charge is -2.32. The number of carbonyl (C=O) groups excluding carboxylic acids is 1. The van der Waals surface area contributed by atoms with Crippen LogP contribution in [0.3, 0.4) is 0 Å². The molecule has 3 rings (SSSR count). The molecule has 0 bridgehead atoms. The van der Waals surface area contributed by atoms with Crippen LogP contribution >= 0.6 is 0 Å². The van der Waals surface area contributed by atoms with E-state index in [1.807, 2.05) is 13.0 Å². The van der Waals surface area contributed by atoms with Gasteiger partial charge in [0.05, 0.1) is 5.69 Å². The van der Waals surface area contributed by atoms with Crippen molar-refractivity contribution in [3.63, 3.8) is 0 Å². The van der Waals surface area contributed by atoms with E-state index in [0.29, 0.717) is 0 Å². The largest absolute Gasteiger partial charge is 0.433 e. The van der Waals surface area contributed by atoms with Crippen LogP contribution in [0.15, 0.2) is 54.6 Å². The fourth-order valence-corrected chi connectivity index (χ4v) is 3.61. The number of para-hydroxylation sites is 2. The Morgan fingerprint density at radius 1 is 1.04 bits per heavy atom. The minimum Gasteiger partial charge on any atom is -0.433 e. The third-order valence-electron chi connectivity index (χ3n) is 5.26. The van der Waals surface area contributed by atoms with Gasteiger partial charge in [0.15, 0.2) is 6.04 Å². The van der Waals surface area contributed by atoms with Gasteiger partial charge < -0.3 is 19.9 Å². The Balaban J connectivity index is 1.52. The van der Waals surface area contributed by atoms with E-state index >= 15 is 0 Å². The van der Waals surface area contributed by atoms with Crippen LogP contribution in [-0.2, 0) is 11.3 Å². The van der Waals surface area contributed by atoms with Crippen LogP contribution in [-0.4, -0.2) is 44.7 Å². The van der Waals surface area contributed by atoms with Crippen LogP contribution in [0.25, 0.3) is 0 Å². The summed E-state index contributed by atoms with van der Waals surface area (Å²) in [5.41, 5.74) is 1.59. The molecule has 1 saturated heterocycles. The molecule has 0 aliphatic carbocycles. The second-order valence-electron chi connectivity index (χ2n) is 7.16. The molecule has 1 atom stereocenters. The standard InChI is InChI=1S/C21H25F2N3O2/c1-16(20(27)24-18-9-5-6-10-19(18)28-21(22)23)26-13-11-25(12-14-26)15-17-7-3-2-4-8-17/h2-10,16,21H,11-15H2,1H3,(H,24,27)/p+2/t16-/m0/s1. The molecule has 0 spiro atoms. The minimum atomic E-state index is -2.93. The monoisotopic (exact) mass is 391 g/mol. The molecular weight excluding hydrogens is 364 g/mol. The summed E-state index contributed by atoms with van der Waals surface area (Å²) in [6, 6.07) is 16.4. The Hall–Kier alpha value is -2.51. The third-order valence-corrected chi connectivity index (χ3v) is 5.26. The Bertz CT molecular complexity index is 765. The van der Waals surface area contributed by atoms with Gasteiger partial charge in [0.1, 0.15) is 38.5 Å². The number of halogens is 2. The number of ether oxygens (including phenoxy) is 1. The Morgan fingerprint density at radius 3 is 2.36 bits per heavy atom. The molecule has 2 aromatic carbocycles. The van der Waals surface area contributed by atoms with E-state index < -0.39 is 6.61 Å². The molecule has 1 fully saturated rings. The van der Waals surface area contributed by atoms with Gasteiger partial charge in [-0.2, -0.15) is 8.78 Å². The van der Waals surface area contributed by atoms with Gasteiger partial charge in [-0.1, -0.05) is 42.5 Å². The van der Waals surface area contributed by atoms with Crippen molar-refractivity contribution in [1.29, 1.82) is 0 Å². The van der Waals surface area contributed by atoms with Gasteiger partial charge in [0.2, 0.25) is 0 Å². The molecule has 0 saturated carbocycles. The SMILES string of the molecule is C[C@@H](C(=O)Nc1ccccc1OC(F)F)[NH+]1CC[NH+](Cc2ccccc2)CC1. The van der Waals surface area contributed by atoms with Crippen LogP contribution in [0.2, 0.25) is 0 Å². The normalized spacial score (nSPS) is 20.6. The number of hydrogen-bond donors (Lipinski definition) is 3. The van der Waals surface area contributed by atoms with Gasteiger partial charge in [-0.05, 0) is 19.1 Å². The molecule has 3 N–H and O–H groups in total. The predicted molar refractivity (Wildman–Crippen MR) is 103 cm³/mol. The maximum Gasteiger partial charge on any atom is 0.387 e. The molecule has 28 heavy (non-hydrogen) atoms. The van der Waals surface area contributed by atoms with Crippen LogP contribution < -0.4 is 19.9 Å². The summed E-state index contributed by atoms with van der Waals surface area (Å²) in [5, 5.41) is 2.74. The number of quaternary nitrogens is 2. The second kappa shape index (κ2) is 9.61. The van der Waals surface area contributed by atoms with E-state index in [1.165, 1.54) is 21.4 Å². The molecule has 0 unspecified atom stereocenters. The fourth-order valence-electron chi connectivity index (χ4n) is 3.61. The van der Waals surface area contributed by atoms with Crippen LogP contribution in [0.5, 0.6) is 5.75 Å². The summed E-state index contributed by atoms with van der Waals surface area (Å²) in [5.74, 6) is -0.211. The van der Waals surface area contributed by atoms with Crippen molar-refractivity contribution in [1.82, 2.24) is 0 Å². The van der Waals surface area contributed by atoms with E-state index in [-0.39, 0.29) is 23.4 Å². The topological polar surface area (TPSA) is 47.2 Å². The average Bonchev–Trinajstić information content (AvgIpc) is 2.70. The molecule has 1 aliphatic heterocycles. The smallest absolute Gasteiger partial charge is 0.387 e. The van der Waals surface area contributed by atoms with Gasteiger partial charge >= 0.3 is 6.61 Å². The minimum absolute atomic E-state index is 0.0230. The molecule has 0 aromatic heterocycles. The van der Waals surface area contributed by atoms with E-state index in [2.05, 4.69) is 34.3 Å². The third kappa shape index (κ3) is 5.50. The highest BCUT2D eigenvalue weighted by Crippen LogP contribution is 2.25. The number of alkyl halides is 2. The number of benzene rings is 2. The number of anilines is 1. The van der Waals surface area contributed by atoms with Crippen LogP contribution in [0, 0.1) is 0 Å². The van der Waals surface area contributed by atoms with Gasteiger partial charge in [-0.25, -0.2) is 0 Å². The molecule has 1 amide bonds. The highest BCUT2D eigenvalue weighted by atomic mass is 19.3. The first-order valence-corrected chi connectivity index (χ1v) is 9.59. The summed E-state index contributed by atoms with van der Waals surface area (Å²) in [4.78, 5) is 15.4. The average molecular weight is 391 g/mol. The Labute approximate surface area is 163 Å².